The van der Waals surface area contributed by atoms with Gasteiger partial charge in [-0.1, -0.05) is 6.07 Å². The molecule has 3 aromatic rings. The van der Waals surface area contributed by atoms with Crippen LogP contribution in [0.3, 0.4) is 0 Å². The van der Waals surface area contributed by atoms with Gasteiger partial charge in [-0.15, -0.1) is 11.3 Å². The highest BCUT2D eigenvalue weighted by Crippen LogP contribution is 2.40. The van der Waals surface area contributed by atoms with Crippen LogP contribution in [0.5, 0.6) is 0 Å². The maximum Gasteiger partial charge on any atom is 0.407 e. The van der Waals surface area contributed by atoms with Crippen molar-refractivity contribution in [2.75, 3.05) is 19.0 Å². The second-order valence-corrected chi connectivity index (χ2v) is 8.91. The molecule has 0 radical (unpaired) electrons. The van der Waals surface area contributed by atoms with E-state index in [1.807, 2.05) is 39.8 Å². The Bertz CT molecular complexity index is 978. The number of methoxy groups -OCH3 is 1. The van der Waals surface area contributed by atoms with Crippen LogP contribution < -0.4 is 10.6 Å². The van der Waals surface area contributed by atoms with E-state index in [1.54, 1.807) is 24.6 Å². The quantitative estimate of drug-likeness (QED) is 0.613. The minimum Gasteiger partial charge on any atom is -0.444 e. The van der Waals surface area contributed by atoms with Crippen molar-refractivity contribution in [3.05, 3.63) is 35.3 Å². The smallest absolute Gasteiger partial charge is 0.407 e. The molecule has 0 bridgehead atoms. The third-order valence-electron chi connectivity index (χ3n) is 4.13. The Morgan fingerprint density at radius 2 is 2.07 bits per heavy atom. The molecule has 2 heterocycles. The van der Waals surface area contributed by atoms with E-state index in [0.717, 1.165) is 26.9 Å². The minimum atomic E-state index is -0.516. The largest absolute Gasteiger partial charge is 0.444 e. The Morgan fingerprint density at radius 1 is 1.29 bits per heavy atom. The summed E-state index contributed by atoms with van der Waals surface area (Å²) in [6, 6.07) is 8.07. The van der Waals surface area contributed by atoms with Gasteiger partial charge in [-0.05, 0) is 45.9 Å². The fraction of sp³-hybridized carbons (Fsp3) is 0.429. The molecule has 0 fully saturated rings. The number of aromatic nitrogens is 1. The van der Waals surface area contributed by atoms with Crippen molar-refractivity contribution < 1.29 is 14.3 Å². The molecule has 0 spiro atoms. The van der Waals surface area contributed by atoms with Gasteiger partial charge in [0.25, 0.3) is 0 Å². The molecule has 150 valence electrons. The molecule has 28 heavy (non-hydrogen) atoms. The third kappa shape index (κ3) is 4.72. The van der Waals surface area contributed by atoms with Crippen LogP contribution in [0.1, 0.15) is 32.6 Å². The number of hydrogen-bond acceptors (Lipinski definition) is 6. The number of anilines is 1. The molecule has 1 atom stereocenters. The molecule has 3 rings (SSSR count). The van der Waals surface area contributed by atoms with Crippen LogP contribution >= 0.6 is 11.3 Å². The summed E-state index contributed by atoms with van der Waals surface area (Å²) < 4.78 is 11.9. The highest BCUT2D eigenvalue weighted by atomic mass is 32.1. The van der Waals surface area contributed by atoms with Gasteiger partial charge in [0, 0.05) is 41.4 Å². The van der Waals surface area contributed by atoms with E-state index in [4.69, 9.17) is 9.47 Å². The molecule has 2 N–H and O–H groups in total. The first-order valence-electron chi connectivity index (χ1n) is 9.30. The zero-order chi connectivity index (χ0) is 20.3. The van der Waals surface area contributed by atoms with Gasteiger partial charge >= 0.3 is 6.09 Å². The molecular weight excluding hydrogens is 374 g/mol. The summed E-state index contributed by atoms with van der Waals surface area (Å²) in [5.41, 5.74) is 1.48. The summed E-state index contributed by atoms with van der Waals surface area (Å²) in [6.07, 6.45) is 1.39. The molecule has 7 heteroatoms. The number of ether oxygens (including phenoxy) is 2. The summed E-state index contributed by atoms with van der Waals surface area (Å²) in [5, 5.41) is 8.64. The standard InChI is InChI=1S/C21H27N3O3S/c1-13(24-20(25)27-21(2,3)4)11-23-19-17(12-26-5)28-16-9-8-15-14(18(16)19)7-6-10-22-15/h6-10,13,23H,11-12H2,1-5H3,(H,24,25)/t13-/m1/s1. The van der Waals surface area contributed by atoms with E-state index in [-0.39, 0.29) is 6.04 Å². The van der Waals surface area contributed by atoms with Gasteiger partial charge < -0.3 is 20.1 Å². The monoisotopic (exact) mass is 401 g/mol. The SMILES string of the molecule is COCc1sc2ccc3ncccc3c2c1NC[C@@H](C)NC(=O)OC(C)(C)C. The van der Waals surface area contributed by atoms with Gasteiger partial charge in [0.15, 0.2) is 0 Å². The number of hydrogen-bond donors (Lipinski definition) is 2. The first-order valence-corrected chi connectivity index (χ1v) is 10.1. The van der Waals surface area contributed by atoms with E-state index in [1.165, 1.54) is 4.70 Å². The van der Waals surface area contributed by atoms with Crippen molar-refractivity contribution in [2.24, 2.45) is 0 Å². The van der Waals surface area contributed by atoms with Gasteiger partial charge in [-0.2, -0.15) is 0 Å². The molecule has 0 aliphatic carbocycles. The zero-order valence-electron chi connectivity index (χ0n) is 17.0. The Balaban J connectivity index is 1.84. The van der Waals surface area contributed by atoms with Gasteiger partial charge in [0.2, 0.25) is 0 Å². The molecular formula is C21H27N3O3S. The van der Waals surface area contributed by atoms with Crippen molar-refractivity contribution in [2.45, 2.75) is 45.9 Å². The Morgan fingerprint density at radius 3 is 2.79 bits per heavy atom. The van der Waals surface area contributed by atoms with Crippen LogP contribution in [0.15, 0.2) is 30.5 Å². The highest BCUT2D eigenvalue weighted by Gasteiger charge is 2.19. The van der Waals surface area contributed by atoms with Gasteiger partial charge in [-0.25, -0.2) is 4.79 Å². The third-order valence-corrected chi connectivity index (χ3v) is 5.26. The van der Waals surface area contributed by atoms with E-state index in [0.29, 0.717) is 13.2 Å². The fourth-order valence-corrected chi connectivity index (χ4v) is 4.20. The maximum absolute atomic E-state index is 12.0. The minimum absolute atomic E-state index is 0.103. The predicted octanol–water partition coefficient (Wildman–Crippen LogP) is 4.92. The van der Waals surface area contributed by atoms with E-state index in [9.17, 15) is 4.79 Å². The molecule has 1 amide bonds. The van der Waals surface area contributed by atoms with Crippen molar-refractivity contribution in [3.63, 3.8) is 0 Å². The second-order valence-electron chi connectivity index (χ2n) is 7.77. The van der Waals surface area contributed by atoms with Crippen LogP contribution in [0, 0.1) is 0 Å². The van der Waals surface area contributed by atoms with Crippen molar-refractivity contribution in [3.8, 4) is 0 Å². The lowest BCUT2D eigenvalue weighted by molar-refractivity contribution is 0.0511. The molecule has 1 aromatic carbocycles. The Kier molecular flexibility index (Phi) is 6.05. The molecule has 2 aromatic heterocycles. The number of alkyl carbamates (subject to hydrolysis) is 1. The lowest BCUT2D eigenvalue weighted by Gasteiger charge is -2.22. The van der Waals surface area contributed by atoms with Crippen LogP contribution in [0.4, 0.5) is 10.5 Å². The Labute approximate surface area is 169 Å². The van der Waals surface area contributed by atoms with Crippen molar-refractivity contribution in [1.82, 2.24) is 10.3 Å². The molecule has 6 nitrogen and oxygen atoms in total. The number of carbonyl (C=O) groups excluding carboxylic acids is 1. The average molecular weight is 402 g/mol. The molecule has 0 unspecified atom stereocenters. The fourth-order valence-electron chi connectivity index (χ4n) is 3.03. The summed E-state index contributed by atoms with van der Waals surface area (Å²) in [5.74, 6) is 0. The lowest BCUT2D eigenvalue weighted by Crippen LogP contribution is -2.40. The van der Waals surface area contributed by atoms with Crippen LogP contribution in [-0.2, 0) is 16.1 Å². The molecule has 0 saturated carbocycles. The number of pyridine rings is 1. The number of amides is 1. The normalized spacial score (nSPS) is 12.9. The van der Waals surface area contributed by atoms with Gasteiger partial charge in [0.1, 0.15) is 5.60 Å². The Hall–Kier alpha value is -2.38. The molecule has 0 saturated heterocycles. The maximum atomic E-state index is 12.0. The van der Waals surface area contributed by atoms with E-state index >= 15 is 0 Å². The van der Waals surface area contributed by atoms with Crippen LogP contribution in [-0.4, -0.2) is 36.4 Å². The topological polar surface area (TPSA) is 72.5 Å². The first kappa shape index (κ1) is 20.4. The first-order chi connectivity index (χ1) is 13.3. The highest BCUT2D eigenvalue weighted by molar-refractivity contribution is 7.20. The second kappa shape index (κ2) is 8.32. The van der Waals surface area contributed by atoms with Crippen molar-refractivity contribution >= 4 is 44.1 Å². The number of nitrogens with one attached hydrogen (secondary N) is 2. The van der Waals surface area contributed by atoms with E-state index < -0.39 is 11.7 Å². The molecule has 0 aliphatic heterocycles. The van der Waals surface area contributed by atoms with E-state index in [2.05, 4.69) is 27.8 Å². The number of rotatable bonds is 6. The van der Waals surface area contributed by atoms with Crippen LogP contribution in [0.25, 0.3) is 21.0 Å². The summed E-state index contributed by atoms with van der Waals surface area (Å²) in [6.45, 7) is 8.59. The molecule has 0 aliphatic rings. The number of thiophene rings is 1. The van der Waals surface area contributed by atoms with Gasteiger partial charge in [-0.3, -0.25) is 4.98 Å². The zero-order valence-corrected chi connectivity index (χ0v) is 17.8. The summed E-state index contributed by atoms with van der Waals surface area (Å²) in [7, 11) is 1.69. The average Bonchev–Trinajstić information content (AvgIpc) is 2.96. The number of fused-ring (bicyclic) bond motifs is 3. The summed E-state index contributed by atoms with van der Waals surface area (Å²) >= 11 is 1.71. The number of carbonyl (C=O) groups is 1. The van der Waals surface area contributed by atoms with Gasteiger partial charge in [0.05, 0.1) is 22.7 Å². The number of nitrogens with zero attached hydrogens (tertiary/aromatic N) is 1. The number of benzene rings is 1. The predicted molar refractivity (Wildman–Crippen MR) is 115 cm³/mol. The van der Waals surface area contributed by atoms with Crippen molar-refractivity contribution in [1.29, 1.82) is 0 Å². The van der Waals surface area contributed by atoms with Crippen LogP contribution in [0.2, 0.25) is 0 Å². The summed E-state index contributed by atoms with van der Waals surface area (Å²) in [4.78, 5) is 17.6. The lowest BCUT2D eigenvalue weighted by atomic mass is 10.1.